The number of allylic oxidation sites excluding steroid dienone is 1. The molecule has 2 aliphatic rings. The van der Waals surface area contributed by atoms with E-state index in [1.165, 1.54) is 7.11 Å². The lowest BCUT2D eigenvalue weighted by Crippen LogP contribution is -2.22. The van der Waals surface area contributed by atoms with Gasteiger partial charge in [-0.25, -0.2) is 0 Å². The first-order chi connectivity index (χ1) is 17.9. The Hall–Kier alpha value is -4.79. The molecule has 0 fully saturated rings. The van der Waals surface area contributed by atoms with Crippen LogP contribution in [0.25, 0.3) is 6.08 Å². The summed E-state index contributed by atoms with van der Waals surface area (Å²) in [6.45, 7) is -0.338. The van der Waals surface area contributed by atoms with Gasteiger partial charge in [0.15, 0.2) is 23.9 Å². The third-order valence-corrected chi connectivity index (χ3v) is 6.15. The smallest absolute Gasteiger partial charge is 0.312 e. The van der Waals surface area contributed by atoms with E-state index in [1.807, 2.05) is 12.1 Å². The van der Waals surface area contributed by atoms with E-state index in [4.69, 9.17) is 29.4 Å². The fourth-order valence-electron chi connectivity index (χ4n) is 4.41. The minimum atomic E-state index is -0.639. The van der Waals surface area contributed by atoms with Crippen LogP contribution >= 0.6 is 0 Å². The maximum atomic E-state index is 13.2. The van der Waals surface area contributed by atoms with Gasteiger partial charge in [-0.3, -0.25) is 14.4 Å². The Bertz CT molecular complexity index is 1440. The van der Waals surface area contributed by atoms with Crippen molar-refractivity contribution in [3.63, 3.8) is 0 Å². The van der Waals surface area contributed by atoms with Gasteiger partial charge in [-0.05, 0) is 53.6 Å². The SMILES string of the molecule is COc1ccc(/C=C2\Oc3c(ccc4c3[C@H](c3ccc(OC)c(OCC(N)=O)c3)CC(=O)O4)C2=O)cc1. The molecule has 1 atom stereocenters. The molecule has 2 heterocycles. The van der Waals surface area contributed by atoms with Crippen molar-refractivity contribution >= 4 is 23.7 Å². The highest BCUT2D eigenvalue weighted by molar-refractivity contribution is 6.15. The van der Waals surface area contributed by atoms with Crippen LogP contribution in [0, 0.1) is 0 Å². The molecule has 0 saturated carbocycles. The highest BCUT2D eigenvalue weighted by Crippen LogP contribution is 2.49. The number of hydrogen-bond acceptors (Lipinski definition) is 8. The van der Waals surface area contributed by atoms with Gasteiger partial charge in [0.25, 0.3) is 5.91 Å². The molecule has 0 aromatic heterocycles. The number of esters is 1. The summed E-state index contributed by atoms with van der Waals surface area (Å²) in [6.07, 6.45) is 1.67. The Kier molecular flexibility index (Phi) is 6.27. The highest BCUT2D eigenvalue weighted by Gasteiger charge is 2.38. The van der Waals surface area contributed by atoms with Crippen molar-refractivity contribution in [3.05, 3.63) is 82.6 Å². The number of carbonyl (C=O) groups excluding carboxylic acids is 3. The van der Waals surface area contributed by atoms with Crippen molar-refractivity contribution < 1.29 is 38.1 Å². The summed E-state index contributed by atoms with van der Waals surface area (Å²) in [6, 6.07) is 15.5. The molecule has 0 aliphatic carbocycles. The molecule has 0 bridgehead atoms. The molecule has 188 valence electrons. The van der Waals surface area contributed by atoms with Crippen LogP contribution in [0.4, 0.5) is 0 Å². The van der Waals surface area contributed by atoms with Crippen LogP contribution < -0.4 is 29.4 Å². The first kappa shape index (κ1) is 23.9. The molecule has 2 N–H and O–H groups in total. The molecule has 5 rings (SSSR count). The number of primary amides is 1. The van der Waals surface area contributed by atoms with Crippen LogP contribution in [-0.4, -0.2) is 38.5 Å². The van der Waals surface area contributed by atoms with E-state index in [0.717, 1.165) is 5.56 Å². The third kappa shape index (κ3) is 4.58. The fourth-order valence-corrected chi connectivity index (χ4v) is 4.41. The zero-order chi connectivity index (χ0) is 26.1. The third-order valence-electron chi connectivity index (χ3n) is 6.15. The van der Waals surface area contributed by atoms with Gasteiger partial charge < -0.3 is 29.4 Å². The van der Waals surface area contributed by atoms with E-state index in [1.54, 1.807) is 55.7 Å². The Morgan fingerprint density at radius 1 is 1.00 bits per heavy atom. The van der Waals surface area contributed by atoms with Gasteiger partial charge in [-0.15, -0.1) is 0 Å². The van der Waals surface area contributed by atoms with E-state index >= 15 is 0 Å². The number of benzene rings is 3. The zero-order valence-corrected chi connectivity index (χ0v) is 20.1. The Labute approximate surface area is 212 Å². The second kappa shape index (κ2) is 9.69. The summed E-state index contributed by atoms with van der Waals surface area (Å²) >= 11 is 0. The molecule has 0 unspecified atom stereocenters. The van der Waals surface area contributed by atoms with Crippen molar-refractivity contribution in [1.29, 1.82) is 0 Å². The van der Waals surface area contributed by atoms with Crippen molar-refractivity contribution in [2.75, 3.05) is 20.8 Å². The molecule has 0 radical (unpaired) electrons. The zero-order valence-electron chi connectivity index (χ0n) is 20.1. The average molecular weight is 501 g/mol. The fraction of sp³-hybridized carbons (Fsp3) is 0.179. The molecule has 0 spiro atoms. The largest absolute Gasteiger partial charge is 0.497 e. The van der Waals surface area contributed by atoms with E-state index in [2.05, 4.69) is 0 Å². The molecule has 1 amide bonds. The van der Waals surface area contributed by atoms with Crippen molar-refractivity contribution in [3.8, 4) is 28.7 Å². The summed E-state index contributed by atoms with van der Waals surface area (Å²) in [5, 5.41) is 0. The second-order valence-corrected chi connectivity index (χ2v) is 8.46. The van der Waals surface area contributed by atoms with Crippen LogP contribution in [0.2, 0.25) is 0 Å². The Morgan fingerprint density at radius 2 is 1.78 bits per heavy atom. The summed E-state index contributed by atoms with van der Waals surface area (Å²) < 4.78 is 27.6. The van der Waals surface area contributed by atoms with Crippen molar-refractivity contribution in [2.45, 2.75) is 12.3 Å². The van der Waals surface area contributed by atoms with Crippen LogP contribution in [0.3, 0.4) is 0 Å². The number of fused-ring (bicyclic) bond motifs is 3. The molecule has 9 nitrogen and oxygen atoms in total. The van der Waals surface area contributed by atoms with E-state index in [0.29, 0.717) is 45.4 Å². The molecular formula is C28H23NO8. The van der Waals surface area contributed by atoms with Gasteiger partial charge in [0.1, 0.15) is 17.2 Å². The molecule has 0 saturated heterocycles. The molecule has 3 aromatic carbocycles. The number of ether oxygens (including phenoxy) is 5. The summed E-state index contributed by atoms with van der Waals surface area (Å²) in [4.78, 5) is 36.9. The van der Waals surface area contributed by atoms with E-state index in [-0.39, 0.29) is 24.6 Å². The number of nitrogens with two attached hydrogens (primary N) is 1. The normalized spacial score (nSPS) is 16.9. The van der Waals surface area contributed by atoms with Gasteiger partial charge in [-0.1, -0.05) is 18.2 Å². The van der Waals surface area contributed by atoms with Gasteiger partial charge in [0.05, 0.1) is 26.2 Å². The minimum absolute atomic E-state index is 0.0140. The van der Waals surface area contributed by atoms with Crippen LogP contribution in [0.1, 0.15) is 39.4 Å². The van der Waals surface area contributed by atoms with Crippen molar-refractivity contribution in [1.82, 2.24) is 0 Å². The van der Waals surface area contributed by atoms with E-state index in [9.17, 15) is 14.4 Å². The first-order valence-electron chi connectivity index (χ1n) is 11.4. The molecule has 3 aromatic rings. The predicted molar refractivity (Wildman–Crippen MR) is 132 cm³/mol. The number of methoxy groups -OCH3 is 2. The lowest BCUT2D eigenvalue weighted by atomic mass is 9.84. The van der Waals surface area contributed by atoms with E-state index < -0.39 is 17.8 Å². The highest BCUT2D eigenvalue weighted by atomic mass is 16.5. The van der Waals surface area contributed by atoms with Gasteiger partial charge >= 0.3 is 5.97 Å². The number of carbonyl (C=O) groups is 3. The molecule has 37 heavy (non-hydrogen) atoms. The lowest BCUT2D eigenvalue weighted by Gasteiger charge is -2.26. The summed E-state index contributed by atoms with van der Waals surface area (Å²) in [5.41, 5.74) is 7.63. The second-order valence-electron chi connectivity index (χ2n) is 8.46. The monoisotopic (exact) mass is 501 g/mol. The number of rotatable bonds is 7. The average Bonchev–Trinajstić information content (AvgIpc) is 3.22. The molecule has 2 aliphatic heterocycles. The number of Topliss-reactive ketones (excluding diaryl/α,β-unsaturated/α-hetero) is 1. The van der Waals surface area contributed by atoms with Crippen LogP contribution in [-0.2, 0) is 9.59 Å². The van der Waals surface area contributed by atoms with Crippen LogP contribution in [0.15, 0.2) is 60.4 Å². The first-order valence-corrected chi connectivity index (χ1v) is 11.4. The predicted octanol–water partition coefficient (Wildman–Crippen LogP) is 3.63. The minimum Gasteiger partial charge on any atom is -0.497 e. The molecular weight excluding hydrogens is 478 g/mol. The number of hydrogen-bond donors (Lipinski definition) is 1. The quantitative estimate of drug-likeness (QED) is 0.296. The summed E-state index contributed by atoms with van der Waals surface area (Å²) in [5.74, 6) is 0.369. The van der Waals surface area contributed by atoms with Crippen LogP contribution in [0.5, 0.6) is 28.7 Å². The number of amides is 1. The lowest BCUT2D eigenvalue weighted by molar-refractivity contribution is -0.135. The standard InChI is InChI=1S/C28H23NO8/c1-33-17-6-3-15(4-7-17)11-23-27(32)18-8-10-21-26(28(18)37-23)19(13-25(31)36-21)16-5-9-20(34-2)22(12-16)35-14-24(29)30/h3-12,19H,13-14H2,1-2H3,(H2,29,30)/b23-11-/t19-/m0/s1. The van der Waals surface area contributed by atoms with Gasteiger partial charge in [0, 0.05) is 11.5 Å². The maximum absolute atomic E-state index is 13.2. The Morgan fingerprint density at radius 3 is 2.49 bits per heavy atom. The topological polar surface area (TPSA) is 123 Å². The van der Waals surface area contributed by atoms with Crippen molar-refractivity contribution in [2.24, 2.45) is 5.73 Å². The van der Waals surface area contributed by atoms with Gasteiger partial charge in [-0.2, -0.15) is 0 Å². The maximum Gasteiger partial charge on any atom is 0.312 e. The molecule has 9 heteroatoms. The Balaban J connectivity index is 1.55. The van der Waals surface area contributed by atoms with Gasteiger partial charge in [0.2, 0.25) is 5.78 Å². The number of ketones is 1. The summed E-state index contributed by atoms with van der Waals surface area (Å²) in [7, 11) is 3.05.